The van der Waals surface area contributed by atoms with Gasteiger partial charge in [-0.1, -0.05) is 6.92 Å². The summed E-state index contributed by atoms with van der Waals surface area (Å²) in [5, 5.41) is 13.0. The van der Waals surface area contributed by atoms with Crippen LogP contribution in [0.4, 0.5) is 0 Å². The van der Waals surface area contributed by atoms with Crippen LogP contribution in [0.15, 0.2) is 18.2 Å². The van der Waals surface area contributed by atoms with E-state index < -0.39 is 0 Å². The number of nitrogens with one attached hydrogen (secondary N) is 1. The lowest BCUT2D eigenvalue weighted by Gasteiger charge is -2.12. The van der Waals surface area contributed by atoms with Crippen LogP contribution in [-0.2, 0) is 11.3 Å². The molecule has 1 rings (SSSR count). The van der Waals surface area contributed by atoms with Crippen LogP contribution in [-0.4, -0.2) is 32.5 Å². The average Bonchev–Trinajstić information content (AvgIpc) is 2.32. The Morgan fingerprint density at radius 2 is 2.12 bits per heavy atom. The zero-order valence-electron chi connectivity index (χ0n) is 10.7. The minimum Gasteiger partial charge on any atom is -0.508 e. The Morgan fingerprint density at radius 1 is 1.35 bits per heavy atom. The zero-order valence-corrected chi connectivity index (χ0v) is 10.7. The third kappa shape index (κ3) is 4.63. The summed E-state index contributed by atoms with van der Waals surface area (Å²) in [6.07, 6.45) is 0. The number of phenolic OH excluding ortho intramolecular Hbond substituents is 1. The molecule has 4 nitrogen and oxygen atoms in total. The molecule has 0 aliphatic carbocycles. The first-order chi connectivity index (χ1) is 8.17. The number of phenols is 1. The number of methoxy groups -OCH3 is 2. The van der Waals surface area contributed by atoms with E-state index in [-0.39, 0.29) is 5.75 Å². The highest BCUT2D eigenvalue weighted by atomic mass is 16.5. The summed E-state index contributed by atoms with van der Waals surface area (Å²) in [5.41, 5.74) is 0.842. The molecule has 0 heterocycles. The predicted molar refractivity (Wildman–Crippen MR) is 67.4 cm³/mol. The summed E-state index contributed by atoms with van der Waals surface area (Å²) in [5.74, 6) is 1.50. The van der Waals surface area contributed by atoms with E-state index in [0.717, 1.165) is 24.5 Å². The average molecular weight is 239 g/mol. The van der Waals surface area contributed by atoms with Crippen molar-refractivity contribution in [2.45, 2.75) is 13.5 Å². The highest BCUT2D eigenvalue weighted by molar-refractivity contribution is 5.39. The molecule has 0 spiro atoms. The SMILES string of the molecule is COCC(C)CNCc1cc(OC)ccc1O. The monoisotopic (exact) mass is 239 g/mol. The van der Waals surface area contributed by atoms with Crippen LogP contribution in [0.3, 0.4) is 0 Å². The van der Waals surface area contributed by atoms with Gasteiger partial charge in [-0.05, 0) is 24.1 Å². The van der Waals surface area contributed by atoms with Crippen molar-refractivity contribution in [1.29, 1.82) is 0 Å². The fraction of sp³-hybridized carbons (Fsp3) is 0.538. The number of ether oxygens (including phenoxy) is 2. The molecule has 0 amide bonds. The Balaban J connectivity index is 2.45. The first-order valence-corrected chi connectivity index (χ1v) is 5.73. The van der Waals surface area contributed by atoms with Crippen molar-refractivity contribution >= 4 is 0 Å². The third-order valence-electron chi connectivity index (χ3n) is 2.55. The van der Waals surface area contributed by atoms with E-state index in [9.17, 15) is 5.11 Å². The van der Waals surface area contributed by atoms with Crippen LogP contribution in [0.2, 0.25) is 0 Å². The number of benzene rings is 1. The maximum Gasteiger partial charge on any atom is 0.120 e. The number of rotatable bonds is 7. The molecule has 1 unspecified atom stereocenters. The van der Waals surface area contributed by atoms with E-state index in [1.807, 2.05) is 6.07 Å². The van der Waals surface area contributed by atoms with Crippen LogP contribution in [0.25, 0.3) is 0 Å². The smallest absolute Gasteiger partial charge is 0.120 e. The molecule has 17 heavy (non-hydrogen) atoms. The fourth-order valence-corrected chi connectivity index (χ4v) is 1.63. The molecule has 4 heteroatoms. The van der Waals surface area contributed by atoms with Gasteiger partial charge in [0, 0.05) is 32.4 Å². The minimum atomic E-state index is 0.290. The highest BCUT2D eigenvalue weighted by Gasteiger charge is 2.05. The van der Waals surface area contributed by atoms with E-state index in [4.69, 9.17) is 9.47 Å². The summed E-state index contributed by atoms with van der Waals surface area (Å²) >= 11 is 0. The first kappa shape index (κ1) is 13.8. The third-order valence-corrected chi connectivity index (χ3v) is 2.55. The van der Waals surface area contributed by atoms with E-state index in [1.165, 1.54) is 0 Å². The second-order valence-electron chi connectivity index (χ2n) is 4.19. The van der Waals surface area contributed by atoms with Crippen LogP contribution < -0.4 is 10.1 Å². The Bertz CT molecular complexity index is 341. The normalized spacial score (nSPS) is 12.4. The molecular weight excluding hydrogens is 218 g/mol. The number of hydrogen-bond donors (Lipinski definition) is 2. The molecule has 0 aliphatic rings. The number of hydrogen-bond acceptors (Lipinski definition) is 4. The molecule has 0 aromatic heterocycles. The lowest BCUT2D eigenvalue weighted by Crippen LogP contribution is -2.23. The summed E-state index contributed by atoms with van der Waals surface area (Å²) in [6, 6.07) is 5.23. The van der Waals surface area contributed by atoms with Gasteiger partial charge in [-0.15, -0.1) is 0 Å². The largest absolute Gasteiger partial charge is 0.508 e. The maximum absolute atomic E-state index is 9.68. The molecule has 1 aromatic rings. The molecule has 1 aromatic carbocycles. The second kappa shape index (κ2) is 7.14. The van der Waals surface area contributed by atoms with Crippen molar-refractivity contribution in [3.8, 4) is 11.5 Å². The van der Waals surface area contributed by atoms with Crippen LogP contribution in [0.1, 0.15) is 12.5 Å². The van der Waals surface area contributed by atoms with E-state index in [2.05, 4.69) is 12.2 Å². The summed E-state index contributed by atoms with van der Waals surface area (Å²) in [6.45, 7) is 4.32. The van der Waals surface area contributed by atoms with Gasteiger partial charge in [0.05, 0.1) is 7.11 Å². The van der Waals surface area contributed by atoms with E-state index >= 15 is 0 Å². The lowest BCUT2D eigenvalue weighted by molar-refractivity contribution is 0.158. The van der Waals surface area contributed by atoms with Gasteiger partial charge >= 0.3 is 0 Å². The summed E-state index contributed by atoms with van der Waals surface area (Å²) < 4.78 is 10.2. The van der Waals surface area contributed by atoms with Crippen molar-refractivity contribution in [3.05, 3.63) is 23.8 Å². The van der Waals surface area contributed by atoms with Gasteiger partial charge in [-0.3, -0.25) is 0 Å². The van der Waals surface area contributed by atoms with Crippen LogP contribution in [0, 0.1) is 5.92 Å². The predicted octanol–water partition coefficient (Wildman–Crippen LogP) is 1.77. The molecule has 96 valence electrons. The van der Waals surface area contributed by atoms with Crippen LogP contribution >= 0.6 is 0 Å². The van der Waals surface area contributed by atoms with Crippen molar-refractivity contribution in [3.63, 3.8) is 0 Å². The number of aromatic hydroxyl groups is 1. The molecule has 2 N–H and O–H groups in total. The molecule has 0 fully saturated rings. The van der Waals surface area contributed by atoms with Gasteiger partial charge in [-0.25, -0.2) is 0 Å². The Hall–Kier alpha value is -1.26. The first-order valence-electron chi connectivity index (χ1n) is 5.73. The molecule has 0 saturated carbocycles. The van der Waals surface area contributed by atoms with Gasteiger partial charge in [0.25, 0.3) is 0 Å². The molecule has 0 radical (unpaired) electrons. The van der Waals surface area contributed by atoms with E-state index in [0.29, 0.717) is 12.5 Å². The van der Waals surface area contributed by atoms with Gasteiger partial charge in [0.1, 0.15) is 11.5 Å². The van der Waals surface area contributed by atoms with Crippen molar-refractivity contribution in [2.24, 2.45) is 5.92 Å². The zero-order chi connectivity index (χ0) is 12.7. The molecular formula is C13H21NO3. The van der Waals surface area contributed by atoms with Gasteiger partial charge in [-0.2, -0.15) is 0 Å². The molecule has 0 aliphatic heterocycles. The maximum atomic E-state index is 9.68. The molecule has 0 saturated heterocycles. The topological polar surface area (TPSA) is 50.7 Å². The second-order valence-corrected chi connectivity index (χ2v) is 4.19. The quantitative estimate of drug-likeness (QED) is 0.761. The Morgan fingerprint density at radius 3 is 2.76 bits per heavy atom. The van der Waals surface area contributed by atoms with Gasteiger partial charge in [0.15, 0.2) is 0 Å². The molecule has 0 bridgehead atoms. The van der Waals surface area contributed by atoms with Crippen LogP contribution in [0.5, 0.6) is 11.5 Å². The van der Waals surface area contributed by atoms with Crippen molar-refractivity contribution in [2.75, 3.05) is 27.4 Å². The summed E-state index contributed by atoms with van der Waals surface area (Å²) in [4.78, 5) is 0. The van der Waals surface area contributed by atoms with Gasteiger partial charge in [0.2, 0.25) is 0 Å². The van der Waals surface area contributed by atoms with Crippen molar-refractivity contribution in [1.82, 2.24) is 5.32 Å². The van der Waals surface area contributed by atoms with Gasteiger partial charge < -0.3 is 19.9 Å². The standard InChI is InChI=1S/C13H21NO3/c1-10(9-16-2)7-14-8-11-6-12(17-3)4-5-13(11)15/h4-6,10,14-15H,7-9H2,1-3H3. The Labute approximate surface area is 103 Å². The van der Waals surface area contributed by atoms with Crippen molar-refractivity contribution < 1.29 is 14.6 Å². The Kier molecular flexibility index (Phi) is 5.80. The lowest BCUT2D eigenvalue weighted by atomic mass is 10.1. The van der Waals surface area contributed by atoms with E-state index in [1.54, 1.807) is 26.4 Å². The highest BCUT2D eigenvalue weighted by Crippen LogP contribution is 2.22. The fourth-order valence-electron chi connectivity index (χ4n) is 1.63. The minimum absolute atomic E-state index is 0.290. The summed E-state index contributed by atoms with van der Waals surface area (Å²) in [7, 11) is 3.31. The molecule has 1 atom stereocenters.